The third kappa shape index (κ3) is 3.37. The van der Waals surface area contributed by atoms with Gasteiger partial charge in [0.1, 0.15) is 0 Å². The van der Waals surface area contributed by atoms with Gasteiger partial charge in [0.05, 0.1) is 12.2 Å². The molecule has 0 radical (unpaired) electrons. The van der Waals surface area contributed by atoms with Gasteiger partial charge < -0.3 is 5.73 Å². The maximum absolute atomic E-state index is 6.08. The van der Waals surface area contributed by atoms with Gasteiger partial charge in [0, 0.05) is 30.9 Å². The SMILES string of the molecule is CCC1CCCCCN1C(CN)c1cnn(CC)c1. The molecule has 0 aliphatic carbocycles. The van der Waals surface area contributed by atoms with Crippen molar-refractivity contribution in [2.75, 3.05) is 13.1 Å². The smallest absolute Gasteiger partial charge is 0.0538 e. The van der Waals surface area contributed by atoms with Gasteiger partial charge in [0.25, 0.3) is 0 Å². The number of likely N-dealkylation sites (tertiary alicyclic amines) is 1. The summed E-state index contributed by atoms with van der Waals surface area (Å²) in [6.45, 7) is 7.21. The van der Waals surface area contributed by atoms with Crippen molar-refractivity contribution < 1.29 is 0 Å². The van der Waals surface area contributed by atoms with E-state index >= 15 is 0 Å². The third-order valence-corrected chi connectivity index (χ3v) is 4.38. The minimum atomic E-state index is 0.336. The highest BCUT2D eigenvalue weighted by Crippen LogP contribution is 2.28. The first-order chi connectivity index (χ1) is 9.30. The highest BCUT2D eigenvalue weighted by molar-refractivity contribution is 5.12. The fraction of sp³-hybridized carbons (Fsp3) is 0.800. The van der Waals surface area contributed by atoms with Crippen molar-refractivity contribution in [3.05, 3.63) is 18.0 Å². The normalized spacial score (nSPS) is 23.2. The molecule has 0 saturated carbocycles. The zero-order valence-electron chi connectivity index (χ0n) is 12.4. The summed E-state index contributed by atoms with van der Waals surface area (Å²) in [5.41, 5.74) is 7.36. The van der Waals surface area contributed by atoms with Crippen molar-refractivity contribution in [3.63, 3.8) is 0 Å². The lowest BCUT2D eigenvalue weighted by Crippen LogP contribution is -2.40. The largest absolute Gasteiger partial charge is 0.329 e. The first-order valence-electron chi connectivity index (χ1n) is 7.78. The van der Waals surface area contributed by atoms with E-state index < -0.39 is 0 Å². The van der Waals surface area contributed by atoms with E-state index in [9.17, 15) is 0 Å². The molecule has 0 spiro atoms. The quantitative estimate of drug-likeness (QED) is 0.889. The van der Waals surface area contributed by atoms with Gasteiger partial charge in [-0.25, -0.2) is 0 Å². The van der Waals surface area contributed by atoms with Crippen LogP contribution in [0.2, 0.25) is 0 Å². The summed E-state index contributed by atoms with van der Waals surface area (Å²) < 4.78 is 2.00. The van der Waals surface area contributed by atoms with Crippen molar-refractivity contribution in [3.8, 4) is 0 Å². The van der Waals surface area contributed by atoms with Gasteiger partial charge in [0.2, 0.25) is 0 Å². The van der Waals surface area contributed by atoms with Crippen LogP contribution in [0.25, 0.3) is 0 Å². The molecule has 19 heavy (non-hydrogen) atoms. The predicted molar refractivity (Wildman–Crippen MR) is 78.9 cm³/mol. The number of rotatable bonds is 5. The first kappa shape index (κ1) is 14.5. The Hall–Kier alpha value is -0.870. The molecule has 1 aliphatic heterocycles. The van der Waals surface area contributed by atoms with Crippen LogP contribution in [0.5, 0.6) is 0 Å². The molecule has 2 N–H and O–H groups in total. The number of hydrogen-bond donors (Lipinski definition) is 1. The van der Waals surface area contributed by atoms with Crippen LogP contribution in [0.15, 0.2) is 12.4 Å². The molecule has 2 atom stereocenters. The molecule has 4 nitrogen and oxygen atoms in total. The molecular formula is C15H28N4. The van der Waals surface area contributed by atoms with Gasteiger partial charge >= 0.3 is 0 Å². The van der Waals surface area contributed by atoms with Crippen LogP contribution < -0.4 is 5.73 Å². The third-order valence-electron chi connectivity index (χ3n) is 4.38. The molecule has 1 fully saturated rings. The fourth-order valence-corrected chi connectivity index (χ4v) is 3.24. The highest BCUT2D eigenvalue weighted by atomic mass is 15.3. The Balaban J connectivity index is 2.18. The van der Waals surface area contributed by atoms with E-state index in [0.717, 1.165) is 6.54 Å². The van der Waals surface area contributed by atoms with Crippen LogP contribution in [-0.2, 0) is 6.54 Å². The minimum Gasteiger partial charge on any atom is -0.329 e. The van der Waals surface area contributed by atoms with Crippen molar-refractivity contribution in [2.24, 2.45) is 5.73 Å². The van der Waals surface area contributed by atoms with Gasteiger partial charge in [-0.2, -0.15) is 5.10 Å². The number of nitrogens with two attached hydrogens (primary N) is 1. The molecule has 4 heteroatoms. The van der Waals surface area contributed by atoms with Gasteiger partial charge in [-0.05, 0) is 32.7 Å². The van der Waals surface area contributed by atoms with Crippen LogP contribution in [0, 0.1) is 0 Å². The Kier molecular flexibility index (Phi) is 5.40. The van der Waals surface area contributed by atoms with Crippen molar-refractivity contribution in [1.82, 2.24) is 14.7 Å². The van der Waals surface area contributed by atoms with Crippen LogP contribution >= 0.6 is 0 Å². The van der Waals surface area contributed by atoms with E-state index in [1.54, 1.807) is 0 Å². The Morgan fingerprint density at radius 2 is 2.21 bits per heavy atom. The van der Waals surface area contributed by atoms with E-state index in [1.165, 1.54) is 44.2 Å². The lowest BCUT2D eigenvalue weighted by molar-refractivity contribution is 0.136. The van der Waals surface area contributed by atoms with E-state index in [0.29, 0.717) is 18.6 Å². The summed E-state index contributed by atoms with van der Waals surface area (Å²) in [7, 11) is 0. The second-order valence-corrected chi connectivity index (χ2v) is 5.53. The van der Waals surface area contributed by atoms with Gasteiger partial charge in [-0.1, -0.05) is 19.8 Å². The molecule has 2 rings (SSSR count). The Morgan fingerprint density at radius 1 is 1.37 bits per heavy atom. The van der Waals surface area contributed by atoms with Gasteiger partial charge in [0.15, 0.2) is 0 Å². The lowest BCUT2D eigenvalue weighted by atomic mass is 10.0. The highest BCUT2D eigenvalue weighted by Gasteiger charge is 2.27. The maximum atomic E-state index is 6.08. The van der Waals surface area contributed by atoms with E-state index in [4.69, 9.17) is 5.73 Å². The monoisotopic (exact) mass is 264 g/mol. The number of aryl methyl sites for hydroxylation is 1. The molecule has 1 aromatic heterocycles. The van der Waals surface area contributed by atoms with Gasteiger partial charge in [-0.15, -0.1) is 0 Å². The van der Waals surface area contributed by atoms with E-state index in [-0.39, 0.29) is 0 Å². The first-order valence-corrected chi connectivity index (χ1v) is 7.78. The summed E-state index contributed by atoms with van der Waals surface area (Å²) in [4.78, 5) is 2.63. The fourth-order valence-electron chi connectivity index (χ4n) is 3.24. The van der Waals surface area contributed by atoms with Gasteiger partial charge in [-0.3, -0.25) is 9.58 Å². The Bertz CT molecular complexity index is 374. The average Bonchev–Trinajstić information content (AvgIpc) is 2.78. The van der Waals surface area contributed by atoms with Crippen LogP contribution in [-0.4, -0.2) is 33.8 Å². The molecule has 2 heterocycles. The Morgan fingerprint density at radius 3 is 2.84 bits per heavy atom. The summed E-state index contributed by atoms with van der Waals surface area (Å²) in [6, 6.07) is 1.02. The molecule has 0 bridgehead atoms. The average molecular weight is 264 g/mol. The standard InChI is InChI=1S/C15H28N4/c1-3-14-8-6-5-7-9-19(14)15(10-16)13-11-17-18(4-2)12-13/h11-12,14-15H,3-10,16H2,1-2H3. The molecule has 1 aliphatic rings. The molecule has 0 amide bonds. The van der Waals surface area contributed by atoms with Crippen LogP contribution in [0.1, 0.15) is 57.6 Å². The number of aromatic nitrogens is 2. The summed E-state index contributed by atoms with van der Waals surface area (Å²) in [5, 5.41) is 4.41. The second-order valence-electron chi connectivity index (χ2n) is 5.53. The lowest BCUT2D eigenvalue weighted by Gasteiger charge is -2.35. The summed E-state index contributed by atoms with van der Waals surface area (Å²) in [5.74, 6) is 0. The molecule has 1 saturated heterocycles. The zero-order chi connectivity index (χ0) is 13.7. The zero-order valence-corrected chi connectivity index (χ0v) is 12.4. The van der Waals surface area contributed by atoms with Crippen molar-refractivity contribution >= 4 is 0 Å². The predicted octanol–water partition coefficient (Wildman–Crippen LogP) is 2.56. The van der Waals surface area contributed by atoms with Crippen LogP contribution in [0.4, 0.5) is 0 Å². The van der Waals surface area contributed by atoms with Crippen molar-refractivity contribution in [2.45, 2.75) is 64.6 Å². The topological polar surface area (TPSA) is 47.1 Å². The van der Waals surface area contributed by atoms with Crippen LogP contribution in [0.3, 0.4) is 0 Å². The molecule has 108 valence electrons. The molecule has 0 aromatic carbocycles. The molecule has 1 aromatic rings. The molecule has 2 unspecified atom stereocenters. The number of nitrogens with zero attached hydrogens (tertiary/aromatic N) is 3. The number of hydrogen-bond acceptors (Lipinski definition) is 3. The summed E-state index contributed by atoms with van der Waals surface area (Å²) in [6.07, 6.45) is 10.7. The minimum absolute atomic E-state index is 0.336. The van der Waals surface area contributed by atoms with E-state index in [1.807, 2.05) is 10.9 Å². The molecular weight excluding hydrogens is 236 g/mol. The summed E-state index contributed by atoms with van der Waals surface area (Å²) >= 11 is 0. The Labute approximate surface area is 117 Å². The van der Waals surface area contributed by atoms with E-state index in [2.05, 4.69) is 30.0 Å². The second kappa shape index (κ2) is 7.06. The van der Waals surface area contributed by atoms with Crippen molar-refractivity contribution in [1.29, 1.82) is 0 Å². The maximum Gasteiger partial charge on any atom is 0.0538 e.